The third-order valence-corrected chi connectivity index (χ3v) is 5.08. The number of carbonyl (C=O) groups is 3. The van der Waals surface area contributed by atoms with Gasteiger partial charge in [-0.25, -0.2) is 9.59 Å². The number of rotatable bonds is 4. The van der Waals surface area contributed by atoms with Crippen molar-refractivity contribution >= 4 is 17.7 Å². The summed E-state index contributed by atoms with van der Waals surface area (Å²) < 4.78 is 21.7. The van der Waals surface area contributed by atoms with E-state index in [0.29, 0.717) is 30.8 Å². The topological polar surface area (TPSA) is 92.0 Å². The van der Waals surface area contributed by atoms with Gasteiger partial charge in [-0.1, -0.05) is 12.2 Å². The van der Waals surface area contributed by atoms with Crippen molar-refractivity contribution in [1.29, 1.82) is 0 Å². The highest BCUT2D eigenvalue weighted by molar-refractivity contribution is 5.99. The lowest BCUT2D eigenvalue weighted by Gasteiger charge is -2.23. The quantitative estimate of drug-likeness (QED) is 0.578. The van der Waals surface area contributed by atoms with E-state index in [0.717, 1.165) is 5.57 Å². The second kappa shape index (κ2) is 8.14. The molecule has 0 fully saturated rings. The third kappa shape index (κ3) is 3.94. The summed E-state index contributed by atoms with van der Waals surface area (Å²) in [5.74, 6) is -1.11. The number of ether oxygens (including phenoxy) is 3. The predicted octanol–water partition coefficient (Wildman–Crippen LogP) is 3.03. The lowest BCUT2D eigenvalue weighted by molar-refractivity contribution is -0.140. The highest BCUT2D eigenvalue weighted by Crippen LogP contribution is 2.32. The van der Waals surface area contributed by atoms with Crippen LogP contribution in [0.15, 0.2) is 34.3 Å². The maximum Gasteiger partial charge on any atom is 0.341 e. The number of furan rings is 1. The monoisotopic (exact) mass is 388 g/mol. The van der Waals surface area contributed by atoms with Crippen LogP contribution in [0.1, 0.15) is 53.4 Å². The van der Waals surface area contributed by atoms with E-state index in [9.17, 15) is 14.4 Å². The van der Waals surface area contributed by atoms with Crippen molar-refractivity contribution < 1.29 is 33.0 Å². The number of fused-ring (bicyclic) bond motifs is 3. The predicted molar refractivity (Wildman–Crippen MR) is 99.0 cm³/mol. The number of allylic oxidation sites excluding steroid dienone is 1. The number of carbonyl (C=O) groups excluding carboxylic acids is 3. The minimum atomic E-state index is -0.684. The molecule has 0 spiro atoms. The fraction of sp³-hybridized carbons (Fsp3) is 0.476. The second-order valence-corrected chi connectivity index (χ2v) is 7.06. The van der Waals surface area contributed by atoms with Crippen molar-refractivity contribution in [2.24, 2.45) is 5.92 Å². The second-order valence-electron chi connectivity index (χ2n) is 7.06. The van der Waals surface area contributed by atoms with E-state index in [1.54, 1.807) is 6.08 Å². The first-order chi connectivity index (χ1) is 13.3. The number of esters is 2. The lowest BCUT2D eigenvalue weighted by atomic mass is 9.87. The van der Waals surface area contributed by atoms with E-state index >= 15 is 0 Å². The van der Waals surface area contributed by atoms with Gasteiger partial charge in [0.05, 0.1) is 25.2 Å². The number of hydrogen-bond acceptors (Lipinski definition) is 7. The first-order valence-corrected chi connectivity index (χ1v) is 9.27. The van der Waals surface area contributed by atoms with Gasteiger partial charge in [0, 0.05) is 19.1 Å². The smallest absolute Gasteiger partial charge is 0.341 e. The maximum atomic E-state index is 12.6. The molecule has 7 nitrogen and oxygen atoms in total. The summed E-state index contributed by atoms with van der Waals surface area (Å²) in [7, 11) is 1.28. The van der Waals surface area contributed by atoms with E-state index < -0.39 is 24.1 Å². The van der Waals surface area contributed by atoms with Crippen molar-refractivity contribution in [2.75, 3.05) is 13.7 Å². The first kappa shape index (κ1) is 20.1. The van der Waals surface area contributed by atoms with Crippen molar-refractivity contribution in [3.63, 3.8) is 0 Å². The number of ketones is 1. The Morgan fingerprint density at radius 3 is 2.71 bits per heavy atom. The largest absolute Gasteiger partial charge is 0.465 e. The van der Waals surface area contributed by atoms with Gasteiger partial charge < -0.3 is 18.6 Å². The molecule has 0 radical (unpaired) electrons. The molecule has 0 aromatic carbocycles. The van der Waals surface area contributed by atoms with Crippen LogP contribution in [0.3, 0.4) is 0 Å². The number of hydrogen-bond donors (Lipinski definition) is 0. The average Bonchev–Trinajstić information content (AvgIpc) is 3.22. The lowest BCUT2D eigenvalue weighted by Crippen LogP contribution is -2.25. The molecular formula is C21H24O7. The Kier molecular flexibility index (Phi) is 5.84. The minimum Gasteiger partial charge on any atom is -0.465 e. The van der Waals surface area contributed by atoms with Crippen LogP contribution < -0.4 is 0 Å². The summed E-state index contributed by atoms with van der Waals surface area (Å²) >= 11 is 0. The zero-order valence-corrected chi connectivity index (χ0v) is 16.3. The van der Waals surface area contributed by atoms with Crippen LogP contribution in [0.2, 0.25) is 0 Å². The van der Waals surface area contributed by atoms with Gasteiger partial charge in [-0.3, -0.25) is 4.79 Å². The Bertz CT molecular complexity index is 845. The molecule has 0 aliphatic carbocycles. The molecule has 1 aromatic heterocycles. The minimum absolute atomic E-state index is 0.0516. The molecule has 0 saturated carbocycles. The molecule has 4 bridgehead atoms. The van der Waals surface area contributed by atoms with Crippen LogP contribution in [0.4, 0.5) is 0 Å². The zero-order chi connectivity index (χ0) is 20.4. The standard InChI is InChI=1S/C21H24O7/c1-5-26-17-6-12(11(2)3)7-18-15(20(23)25-4)10-19(28-18)16(22)9-13-8-14(17)21(24)27-13/h8,10,12-13,17H,2,5-7,9H2,1,3-4H3/t12-,13-,17+/m1/s1. The Labute approximate surface area is 163 Å². The Hall–Kier alpha value is -2.67. The number of Topliss-reactive ketones (excluding diaryl/α,β-unsaturated/α-hetero) is 1. The molecule has 0 unspecified atom stereocenters. The molecule has 3 rings (SSSR count). The van der Waals surface area contributed by atoms with Crippen molar-refractivity contribution in [1.82, 2.24) is 0 Å². The first-order valence-electron chi connectivity index (χ1n) is 9.27. The molecular weight excluding hydrogens is 364 g/mol. The van der Waals surface area contributed by atoms with Crippen LogP contribution in [0.25, 0.3) is 0 Å². The van der Waals surface area contributed by atoms with Crippen molar-refractivity contribution in [2.45, 2.75) is 45.3 Å². The van der Waals surface area contributed by atoms with Gasteiger partial charge in [-0.05, 0) is 32.3 Å². The van der Waals surface area contributed by atoms with E-state index in [-0.39, 0.29) is 29.4 Å². The van der Waals surface area contributed by atoms with Gasteiger partial charge in [-0.15, -0.1) is 0 Å². The van der Waals surface area contributed by atoms with Gasteiger partial charge in [-0.2, -0.15) is 0 Å². The van der Waals surface area contributed by atoms with Gasteiger partial charge in [0.15, 0.2) is 5.76 Å². The normalized spacial score (nSPS) is 24.7. The van der Waals surface area contributed by atoms with Crippen LogP contribution in [-0.4, -0.2) is 43.6 Å². The van der Waals surface area contributed by atoms with E-state index in [2.05, 4.69) is 6.58 Å². The molecule has 2 aliphatic heterocycles. The fourth-order valence-electron chi connectivity index (χ4n) is 3.56. The van der Waals surface area contributed by atoms with Gasteiger partial charge >= 0.3 is 11.9 Å². The molecule has 1 aromatic rings. The van der Waals surface area contributed by atoms with Crippen LogP contribution in [0.5, 0.6) is 0 Å². The molecule has 3 heterocycles. The van der Waals surface area contributed by atoms with Crippen molar-refractivity contribution in [3.8, 4) is 0 Å². The Morgan fingerprint density at radius 1 is 1.32 bits per heavy atom. The number of methoxy groups -OCH3 is 1. The van der Waals surface area contributed by atoms with E-state index in [1.165, 1.54) is 13.2 Å². The summed E-state index contributed by atoms with van der Waals surface area (Å²) in [6.07, 6.45) is 1.23. The van der Waals surface area contributed by atoms with E-state index in [1.807, 2.05) is 13.8 Å². The van der Waals surface area contributed by atoms with Gasteiger partial charge in [0.25, 0.3) is 0 Å². The Balaban J connectivity index is 2.06. The molecule has 0 saturated heterocycles. The van der Waals surface area contributed by atoms with Crippen LogP contribution >= 0.6 is 0 Å². The van der Waals surface area contributed by atoms with Crippen LogP contribution in [-0.2, 0) is 25.4 Å². The Morgan fingerprint density at radius 2 is 2.07 bits per heavy atom. The van der Waals surface area contributed by atoms with Gasteiger partial charge in [0.1, 0.15) is 17.4 Å². The SMILES string of the molecule is C=C(C)[C@H]1Cc2oc(cc2C(=O)OC)C(=O)C[C@H]2C=C(C(=O)O2)[C@@H](OCC)C1. The summed E-state index contributed by atoms with van der Waals surface area (Å²) in [4.78, 5) is 37.1. The summed E-state index contributed by atoms with van der Waals surface area (Å²) in [5, 5.41) is 0. The maximum absolute atomic E-state index is 12.6. The average molecular weight is 388 g/mol. The van der Waals surface area contributed by atoms with Crippen molar-refractivity contribution in [3.05, 3.63) is 47.0 Å². The van der Waals surface area contributed by atoms with Gasteiger partial charge in [0.2, 0.25) is 5.78 Å². The summed E-state index contributed by atoms with van der Waals surface area (Å²) in [6, 6.07) is 1.40. The highest BCUT2D eigenvalue weighted by Gasteiger charge is 2.36. The molecule has 150 valence electrons. The fourth-order valence-corrected chi connectivity index (χ4v) is 3.56. The molecule has 7 heteroatoms. The summed E-state index contributed by atoms with van der Waals surface area (Å²) in [6.45, 7) is 8.18. The third-order valence-electron chi connectivity index (χ3n) is 5.08. The molecule has 2 aliphatic rings. The zero-order valence-electron chi connectivity index (χ0n) is 16.3. The van der Waals surface area contributed by atoms with E-state index in [4.69, 9.17) is 18.6 Å². The van der Waals surface area contributed by atoms with Crippen LogP contribution in [0, 0.1) is 5.92 Å². The molecule has 0 amide bonds. The molecule has 0 N–H and O–H groups in total. The molecule has 3 atom stereocenters. The highest BCUT2D eigenvalue weighted by atomic mass is 16.6. The summed E-state index contributed by atoms with van der Waals surface area (Å²) in [5.41, 5.74) is 1.50. The molecule has 28 heavy (non-hydrogen) atoms.